The van der Waals surface area contributed by atoms with Gasteiger partial charge in [0, 0.05) is 0 Å². The smallest absolute Gasteiger partial charge is 0.0660 e. The minimum atomic E-state index is 0.644. The second kappa shape index (κ2) is 4.64. The Kier molecular flexibility index (Phi) is 3.75. The Labute approximate surface area is 71.5 Å². The summed E-state index contributed by atoms with van der Waals surface area (Å²) in [5.74, 6) is 1.63. The van der Waals surface area contributed by atoms with Crippen molar-refractivity contribution in [2.45, 2.75) is 38.9 Å². The summed E-state index contributed by atoms with van der Waals surface area (Å²) in [6, 6.07) is 0. The van der Waals surface area contributed by atoms with Gasteiger partial charge in [0.2, 0.25) is 0 Å². The fraction of sp³-hybridized carbons (Fsp3) is 0.800. The van der Waals surface area contributed by atoms with Crippen molar-refractivity contribution in [3.8, 4) is 0 Å². The lowest BCUT2D eigenvalue weighted by Crippen LogP contribution is -2.14. The molecule has 0 spiro atoms. The molecular weight excluding hydrogens is 131 g/mol. The van der Waals surface area contributed by atoms with Crippen LogP contribution in [0.5, 0.6) is 0 Å². The molecule has 0 aliphatic heterocycles. The Bertz CT molecular complexity index is 125. The van der Waals surface area contributed by atoms with E-state index in [4.69, 9.17) is 7.85 Å². The number of rotatable bonds is 4. The van der Waals surface area contributed by atoms with Crippen LogP contribution in [0.15, 0.2) is 12.2 Å². The van der Waals surface area contributed by atoms with E-state index < -0.39 is 0 Å². The molecule has 1 aliphatic rings. The quantitative estimate of drug-likeness (QED) is 0.424. The highest BCUT2D eigenvalue weighted by atomic mass is 14.2. The molecule has 0 heterocycles. The third-order valence-corrected chi connectivity index (χ3v) is 2.63. The molecule has 0 aromatic carbocycles. The first-order chi connectivity index (χ1) is 5.36. The Morgan fingerprint density at radius 2 is 2.27 bits per heavy atom. The monoisotopic (exact) mass is 148 g/mol. The Morgan fingerprint density at radius 1 is 1.55 bits per heavy atom. The second-order valence-corrected chi connectivity index (χ2v) is 3.55. The summed E-state index contributed by atoms with van der Waals surface area (Å²) in [6.45, 7) is 2.07. The molecule has 0 N–H and O–H groups in total. The van der Waals surface area contributed by atoms with Crippen molar-refractivity contribution >= 4 is 7.85 Å². The van der Waals surface area contributed by atoms with E-state index in [2.05, 4.69) is 19.1 Å². The topological polar surface area (TPSA) is 0 Å². The molecule has 0 amide bonds. The van der Waals surface area contributed by atoms with Crippen molar-refractivity contribution in [3.63, 3.8) is 0 Å². The van der Waals surface area contributed by atoms with E-state index in [1.807, 2.05) is 0 Å². The zero-order chi connectivity index (χ0) is 8.10. The molecule has 1 heteroatoms. The van der Waals surface area contributed by atoms with Crippen molar-refractivity contribution in [1.29, 1.82) is 0 Å². The fourth-order valence-electron chi connectivity index (χ4n) is 1.68. The summed E-state index contributed by atoms with van der Waals surface area (Å²) in [5.41, 5.74) is 0. The molecule has 0 bridgehead atoms. The predicted molar refractivity (Wildman–Crippen MR) is 50.8 cm³/mol. The number of hydrogen-bond donors (Lipinski definition) is 0. The summed E-state index contributed by atoms with van der Waals surface area (Å²) in [6.07, 6.45) is 10.8. The Hall–Kier alpha value is -0.195. The number of allylic oxidation sites excluding steroid dienone is 2. The van der Waals surface area contributed by atoms with Crippen molar-refractivity contribution in [1.82, 2.24) is 0 Å². The van der Waals surface area contributed by atoms with Crippen LogP contribution in [0.3, 0.4) is 0 Å². The third kappa shape index (κ3) is 2.73. The van der Waals surface area contributed by atoms with Gasteiger partial charge in [-0.2, -0.15) is 0 Å². The van der Waals surface area contributed by atoms with E-state index in [-0.39, 0.29) is 0 Å². The largest absolute Gasteiger partial charge is 0.0914 e. The van der Waals surface area contributed by atoms with Gasteiger partial charge >= 0.3 is 0 Å². The highest BCUT2D eigenvalue weighted by Gasteiger charge is 2.19. The van der Waals surface area contributed by atoms with Gasteiger partial charge < -0.3 is 0 Å². The zero-order valence-electron chi connectivity index (χ0n) is 7.42. The van der Waals surface area contributed by atoms with Crippen molar-refractivity contribution in [2.75, 3.05) is 0 Å². The second-order valence-electron chi connectivity index (χ2n) is 3.55. The lowest BCUT2D eigenvalue weighted by atomic mass is 9.75. The van der Waals surface area contributed by atoms with E-state index in [1.165, 1.54) is 25.7 Å². The van der Waals surface area contributed by atoms with Crippen LogP contribution < -0.4 is 0 Å². The van der Waals surface area contributed by atoms with E-state index >= 15 is 0 Å². The highest BCUT2D eigenvalue weighted by Crippen LogP contribution is 2.33. The minimum absolute atomic E-state index is 0.644. The molecule has 2 radical (unpaired) electrons. The molecule has 1 aliphatic carbocycles. The van der Waals surface area contributed by atoms with Crippen LogP contribution >= 0.6 is 0 Å². The molecule has 1 rings (SSSR count). The first-order valence-corrected chi connectivity index (χ1v) is 4.69. The molecule has 1 atom stereocenters. The normalized spacial score (nSPS) is 21.9. The van der Waals surface area contributed by atoms with Gasteiger partial charge in [0.25, 0.3) is 0 Å². The average molecular weight is 148 g/mol. The maximum atomic E-state index is 5.63. The lowest BCUT2D eigenvalue weighted by molar-refractivity contribution is 0.273. The maximum Gasteiger partial charge on any atom is 0.0660 e. The van der Waals surface area contributed by atoms with Gasteiger partial charge in [-0.25, -0.2) is 0 Å². The first-order valence-electron chi connectivity index (χ1n) is 4.69. The van der Waals surface area contributed by atoms with Gasteiger partial charge in [0.15, 0.2) is 0 Å². The van der Waals surface area contributed by atoms with Crippen LogP contribution in [-0.2, 0) is 0 Å². The summed E-state index contributed by atoms with van der Waals surface area (Å²) in [4.78, 5) is 0. The van der Waals surface area contributed by atoms with Crippen molar-refractivity contribution in [3.05, 3.63) is 12.2 Å². The molecule has 0 nitrogen and oxygen atoms in total. The first kappa shape index (κ1) is 8.90. The van der Waals surface area contributed by atoms with Gasteiger partial charge in [-0.3, -0.25) is 0 Å². The predicted octanol–water partition coefficient (Wildman–Crippen LogP) is 2.96. The van der Waals surface area contributed by atoms with Crippen LogP contribution in [0.2, 0.25) is 6.32 Å². The zero-order valence-corrected chi connectivity index (χ0v) is 7.42. The van der Waals surface area contributed by atoms with Gasteiger partial charge in [-0.15, -0.1) is 0 Å². The summed E-state index contributed by atoms with van der Waals surface area (Å²) in [7, 11) is 5.63. The molecule has 0 saturated heterocycles. The summed E-state index contributed by atoms with van der Waals surface area (Å²) < 4.78 is 0. The summed E-state index contributed by atoms with van der Waals surface area (Å²) >= 11 is 0. The van der Waals surface area contributed by atoms with Crippen molar-refractivity contribution < 1.29 is 0 Å². The Balaban J connectivity index is 2.19. The third-order valence-electron chi connectivity index (χ3n) is 2.63. The Morgan fingerprint density at radius 3 is 2.64 bits per heavy atom. The fourth-order valence-corrected chi connectivity index (χ4v) is 1.68. The molecule has 0 aromatic heterocycles. The van der Waals surface area contributed by atoms with E-state index in [0.717, 1.165) is 12.2 Å². The van der Waals surface area contributed by atoms with Crippen LogP contribution in [0.1, 0.15) is 32.6 Å². The van der Waals surface area contributed by atoms with Crippen LogP contribution in [0, 0.1) is 11.8 Å². The SMILES string of the molecule is [B]CC(C=CC)CC1CCC1. The van der Waals surface area contributed by atoms with Crippen LogP contribution in [-0.4, -0.2) is 7.85 Å². The van der Waals surface area contributed by atoms with E-state index in [9.17, 15) is 0 Å². The molecule has 60 valence electrons. The highest BCUT2D eigenvalue weighted by molar-refractivity contribution is 6.08. The molecule has 1 unspecified atom stereocenters. The van der Waals surface area contributed by atoms with E-state index in [0.29, 0.717) is 5.92 Å². The average Bonchev–Trinajstić information content (AvgIpc) is 1.94. The molecule has 1 fully saturated rings. The molecule has 0 aromatic rings. The van der Waals surface area contributed by atoms with Crippen LogP contribution in [0.25, 0.3) is 0 Å². The maximum absolute atomic E-state index is 5.63. The lowest BCUT2D eigenvalue weighted by Gasteiger charge is -2.28. The summed E-state index contributed by atoms with van der Waals surface area (Å²) in [5, 5.41) is 0. The van der Waals surface area contributed by atoms with E-state index in [1.54, 1.807) is 0 Å². The van der Waals surface area contributed by atoms with Gasteiger partial charge in [0.05, 0.1) is 7.85 Å². The standard InChI is InChI=1S/C10H17B/c1-2-4-10(8-11)7-9-5-3-6-9/h2,4,9-10H,3,5-8H2,1H3. The molecule has 1 saturated carbocycles. The van der Waals surface area contributed by atoms with Gasteiger partial charge in [-0.1, -0.05) is 37.7 Å². The van der Waals surface area contributed by atoms with Gasteiger partial charge in [-0.05, 0) is 25.2 Å². The number of hydrogen-bond acceptors (Lipinski definition) is 0. The van der Waals surface area contributed by atoms with Crippen LogP contribution in [0.4, 0.5) is 0 Å². The molecule has 11 heavy (non-hydrogen) atoms. The van der Waals surface area contributed by atoms with Crippen molar-refractivity contribution in [2.24, 2.45) is 11.8 Å². The minimum Gasteiger partial charge on any atom is -0.0914 e. The molecular formula is C10H17B. The van der Waals surface area contributed by atoms with Gasteiger partial charge in [0.1, 0.15) is 0 Å².